The fourth-order valence-electron chi connectivity index (χ4n) is 1.94. The number of esters is 1. The van der Waals surface area contributed by atoms with Crippen LogP contribution in [0.1, 0.15) is 22.4 Å². The quantitative estimate of drug-likeness (QED) is 0.600. The smallest absolute Gasteiger partial charge is 0.360 e. The molecule has 7 heteroatoms. The number of fused-ring (bicyclic) bond motifs is 1. The Morgan fingerprint density at radius 3 is 3.05 bits per heavy atom. The first-order chi connectivity index (χ1) is 9.10. The number of aromatic nitrogens is 2. The minimum absolute atomic E-state index is 0.273. The van der Waals surface area contributed by atoms with E-state index in [1.165, 1.54) is 10.6 Å². The Morgan fingerprint density at radius 1 is 1.68 bits per heavy atom. The maximum absolute atomic E-state index is 12.1. The van der Waals surface area contributed by atoms with Crippen LogP contribution in [0, 0.1) is 0 Å². The molecule has 0 spiro atoms. The van der Waals surface area contributed by atoms with Crippen molar-refractivity contribution in [1.29, 1.82) is 0 Å². The van der Waals surface area contributed by atoms with Gasteiger partial charge in [-0.1, -0.05) is 6.08 Å². The molecular weight excluding hydrogens is 252 g/mol. The minimum atomic E-state index is -0.849. The second kappa shape index (κ2) is 5.23. The van der Waals surface area contributed by atoms with E-state index in [9.17, 15) is 14.7 Å². The molecule has 1 atom stereocenters. The molecule has 1 aliphatic rings. The van der Waals surface area contributed by atoms with Gasteiger partial charge in [-0.05, 0) is 0 Å². The fourth-order valence-corrected chi connectivity index (χ4v) is 1.94. The zero-order chi connectivity index (χ0) is 14.0. The third-order valence-electron chi connectivity index (χ3n) is 2.91. The van der Waals surface area contributed by atoms with E-state index in [0.29, 0.717) is 18.9 Å². The molecule has 2 heterocycles. The molecule has 102 valence electrons. The summed E-state index contributed by atoms with van der Waals surface area (Å²) in [6.45, 7) is 4.28. The molecule has 1 aromatic rings. The van der Waals surface area contributed by atoms with Crippen LogP contribution in [0.2, 0.25) is 0 Å². The van der Waals surface area contributed by atoms with Crippen molar-refractivity contribution >= 4 is 5.97 Å². The molecule has 19 heavy (non-hydrogen) atoms. The zero-order valence-corrected chi connectivity index (χ0v) is 10.5. The number of ether oxygens (including phenoxy) is 2. The molecule has 1 aromatic heterocycles. The summed E-state index contributed by atoms with van der Waals surface area (Å²) in [5.74, 6) is -1.20. The van der Waals surface area contributed by atoms with Crippen LogP contribution in [-0.4, -0.2) is 41.0 Å². The number of rotatable bonds is 2. The van der Waals surface area contributed by atoms with Gasteiger partial charge in [0.25, 0.3) is 5.56 Å². The van der Waals surface area contributed by atoms with Crippen molar-refractivity contribution in [1.82, 2.24) is 9.55 Å². The topological polar surface area (TPSA) is 90.7 Å². The Hall–Kier alpha value is -2.15. The molecule has 0 aromatic carbocycles. The standard InChI is InChI=1S/C12H14N2O5/c1-3-7-6-19-5-4-8-13-9(12(17)18-2)10(15)11(16)14(7)8/h3,7,15H,1,4-6H2,2H3. The minimum Gasteiger partial charge on any atom is -0.501 e. The number of carbonyl (C=O) groups is 1. The lowest BCUT2D eigenvalue weighted by molar-refractivity contribution is 0.0589. The van der Waals surface area contributed by atoms with Crippen LogP contribution in [0.3, 0.4) is 0 Å². The number of carbonyl (C=O) groups excluding carboxylic acids is 1. The molecule has 0 amide bonds. The van der Waals surface area contributed by atoms with Gasteiger partial charge in [-0.15, -0.1) is 6.58 Å². The number of methoxy groups -OCH3 is 1. The predicted molar refractivity (Wildman–Crippen MR) is 65.3 cm³/mol. The van der Waals surface area contributed by atoms with Gasteiger partial charge in [0.05, 0.1) is 26.4 Å². The van der Waals surface area contributed by atoms with Crippen LogP contribution in [0.25, 0.3) is 0 Å². The van der Waals surface area contributed by atoms with Crippen molar-refractivity contribution < 1.29 is 19.4 Å². The highest BCUT2D eigenvalue weighted by atomic mass is 16.5. The van der Waals surface area contributed by atoms with Gasteiger partial charge >= 0.3 is 5.97 Å². The largest absolute Gasteiger partial charge is 0.501 e. The Kier molecular flexibility index (Phi) is 3.66. The highest BCUT2D eigenvalue weighted by Crippen LogP contribution is 2.18. The number of hydrogen-bond donors (Lipinski definition) is 1. The Bertz CT molecular complexity index is 578. The predicted octanol–water partition coefficient (Wildman–Crippen LogP) is 0.0353. The van der Waals surface area contributed by atoms with E-state index in [1.54, 1.807) is 0 Å². The molecule has 0 saturated heterocycles. The monoisotopic (exact) mass is 266 g/mol. The van der Waals surface area contributed by atoms with Gasteiger partial charge in [0.15, 0.2) is 5.69 Å². The first-order valence-corrected chi connectivity index (χ1v) is 5.73. The van der Waals surface area contributed by atoms with E-state index in [0.717, 1.165) is 7.11 Å². The molecule has 0 saturated carbocycles. The lowest BCUT2D eigenvalue weighted by Gasteiger charge is -2.16. The second-order valence-corrected chi connectivity index (χ2v) is 4.02. The summed E-state index contributed by atoms with van der Waals surface area (Å²) in [6, 6.07) is -0.421. The van der Waals surface area contributed by atoms with Gasteiger partial charge in [-0.25, -0.2) is 9.78 Å². The fraction of sp³-hybridized carbons (Fsp3) is 0.417. The molecule has 0 fully saturated rings. The summed E-state index contributed by atoms with van der Waals surface area (Å²) in [6.07, 6.45) is 1.90. The maximum atomic E-state index is 12.1. The molecule has 0 aliphatic carbocycles. The summed E-state index contributed by atoms with van der Waals surface area (Å²) in [7, 11) is 1.16. The highest BCUT2D eigenvalue weighted by molar-refractivity contribution is 5.89. The maximum Gasteiger partial charge on any atom is 0.360 e. The van der Waals surface area contributed by atoms with Crippen molar-refractivity contribution in [2.75, 3.05) is 20.3 Å². The SMILES string of the molecule is C=CC1COCCc2nc(C(=O)OC)c(O)c(=O)n21. The molecule has 2 rings (SSSR count). The summed E-state index contributed by atoms with van der Waals surface area (Å²) < 4.78 is 11.1. The third kappa shape index (κ3) is 2.24. The van der Waals surface area contributed by atoms with E-state index < -0.39 is 23.3 Å². The van der Waals surface area contributed by atoms with Gasteiger partial charge < -0.3 is 14.6 Å². The van der Waals surface area contributed by atoms with Crippen LogP contribution in [-0.2, 0) is 15.9 Å². The number of nitrogens with zero attached hydrogens (tertiary/aromatic N) is 2. The Labute approximate surface area is 109 Å². The second-order valence-electron chi connectivity index (χ2n) is 4.02. The molecule has 7 nitrogen and oxygen atoms in total. The number of hydrogen-bond acceptors (Lipinski definition) is 6. The first kappa shape index (κ1) is 13.3. The van der Waals surface area contributed by atoms with Crippen molar-refractivity contribution in [2.45, 2.75) is 12.5 Å². The van der Waals surface area contributed by atoms with Crippen molar-refractivity contribution in [3.63, 3.8) is 0 Å². The van der Waals surface area contributed by atoms with E-state index in [2.05, 4.69) is 16.3 Å². The van der Waals surface area contributed by atoms with E-state index in [4.69, 9.17) is 4.74 Å². The normalized spacial score (nSPS) is 18.3. The van der Waals surface area contributed by atoms with Gasteiger partial charge in [0, 0.05) is 6.42 Å². The molecule has 1 N–H and O–H groups in total. The molecule has 1 unspecified atom stereocenters. The molecule has 1 aliphatic heterocycles. The van der Waals surface area contributed by atoms with Crippen LogP contribution >= 0.6 is 0 Å². The summed E-state index contributed by atoms with van der Waals surface area (Å²) >= 11 is 0. The van der Waals surface area contributed by atoms with Gasteiger partial charge in [-0.2, -0.15) is 0 Å². The first-order valence-electron chi connectivity index (χ1n) is 5.73. The average molecular weight is 266 g/mol. The van der Waals surface area contributed by atoms with Gasteiger partial charge in [-0.3, -0.25) is 9.36 Å². The molecule has 0 radical (unpaired) electrons. The lowest BCUT2D eigenvalue weighted by Crippen LogP contribution is -2.30. The summed E-state index contributed by atoms with van der Waals surface area (Å²) in [5, 5.41) is 9.79. The lowest BCUT2D eigenvalue weighted by atomic mass is 10.2. The van der Waals surface area contributed by atoms with E-state index >= 15 is 0 Å². The molecule has 0 bridgehead atoms. The number of aromatic hydroxyl groups is 1. The zero-order valence-electron chi connectivity index (χ0n) is 10.5. The average Bonchev–Trinajstić information content (AvgIpc) is 2.63. The van der Waals surface area contributed by atoms with Crippen LogP contribution in [0.5, 0.6) is 5.75 Å². The third-order valence-corrected chi connectivity index (χ3v) is 2.91. The summed E-state index contributed by atoms with van der Waals surface area (Å²) in [4.78, 5) is 27.6. The van der Waals surface area contributed by atoms with Gasteiger partial charge in [0.2, 0.25) is 5.75 Å². The van der Waals surface area contributed by atoms with E-state index in [1.807, 2.05) is 0 Å². The Morgan fingerprint density at radius 2 is 2.42 bits per heavy atom. The van der Waals surface area contributed by atoms with Crippen molar-refractivity contribution in [3.05, 3.63) is 34.5 Å². The van der Waals surface area contributed by atoms with E-state index in [-0.39, 0.29) is 12.3 Å². The van der Waals surface area contributed by atoms with Crippen LogP contribution < -0.4 is 5.56 Å². The van der Waals surface area contributed by atoms with Crippen LogP contribution in [0.4, 0.5) is 0 Å². The van der Waals surface area contributed by atoms with Crippen molar-refractivity contribution in [2.24, 2.45) is 0 Å². The van der Waals surface area contributed by atoms with Crippen LogP contribution in [0.15, 0.2) is 17.4 Å². The highest BCUT2D eigenvalue weighted by Gasteiger charge is 2.26. The van der Waals surface area contributed by atoms with Gasteiger partial charge in [0.1, 0.15) is 5.82 Å². The Balaban J connectivity index is 2.67. The summed E-state index contributed by atoms with van der Waals surface area (Å²) in [5.41, 5.74) is -1.07. The van der Waals surface area contributed by atoms with Crippen molar-refractivity contribution in [3.8, 4) is 5.75 Å². The molecular formula is C12H14N2O5.